The molecule has 4 atom stereocenters. The van der Waals surface area contributed by atoms with Crippen molar-refractivity contribution in [2.75, 3.05) is 27.4 Å². The molecule has 3 aromatic carbocycles. The van der Waals surface area contributed by atoms with E-state index in [-0.39, 0.29) is 24.7 Å². The molecule has 0 amide bonds. The molecule has 0 spiro atoms. The van der Waals surface area contributed by atoms with E-state index in [1.165, 1.54) is 10.8 Å². The van der Waals surface area contributed by atoms with E-state index < -0.39 is 55.5 Å². The van der Waals surface area contributed by atoms with E-state index in [1.54, 1.807) is 28.1 Å². The number of carbonyl (C=O) groups is 1. The average Bonchev–Trinajstić information content (AvgIpc) is 3.45. The molecule has 5 rings (SSSR count). The van der Waals surface area contributed by atoms with Gasteiger partial charge in [0.2, 0.25) is 0 Å². The van der Waals surface area contributed by atoms with Gasteiger partial charge in [0.15, 0.2) is 14.5 Å². The summed E-state index contributed by atoms with van der Waals surface area (Å²) < 4.78 is 39.0. The Morgan fingerprint density at radius 2 is 1.42 bits per heavy atom. The molecule has 11 nitrogen and oxygen atoms in total. The Bertz CT molecular complexity index is 1900. The molecule has 2 heterocycles. The third-order valence-corrected chi connectivity index (χ3v) is 15.0. The molecule has 4 aromatic rings. The number of nitrogens with one attached hydrogen (secondary N) is 1. The lowest BCUT2D eigenvalue weighted by molar-refractivity contribution is -0.146. The van der Waals surface area contributed by atoms with Crippen molar-refractivity contribution in [1.82, 2.24) is 9.55 Å². The lowest BCUT2D eigenvalue weighted by atomic mass is 9.80. The van der Waals surface area contributed by atoms with Gasteiger partial charge in [-0.25, -0.2) is 4.79 Å². The van der Waals surface area contributed by atoms with Crippen LogP contribution in [0.4, 0.5) is 0 Å². The molecule has 1 saturated heterocycles. The van der Waals surface area contributed by atoms with Crippen molar-refractivity contribution in [2.24, 2.45) is 5.92 Å². The number of nitrogens with zero attached hydrogens (tertiary/aromatic N) is 1. The van der Waals surface area contributed by atoms with Gasteiger partial charge in [0, 0.05) is 17.7 Å². The first-order valence-electron chi connectivity index (χ1n) is 17.9. The number of H-pyrrole nitrogens is 1. The molecule has 1 N–H and O–H groups in total. The fourth-order valence-electron chi connectivity index (χ4n) is 6.55. The number of hydrogen-bond acceptors (Lipinski definition) is 9. The number of aryl methyl sites for hydroxylation is 1. The first-order valence-corrected chi connectivity index (χ1v) is 20.9. The molecule has 1 aliphatic heterocycles. The van der Waals surface area contributed by atoms with Crippen molar-refractivity contribution < 1.29 is 32.9 Å². The topological polar surface area (TPSA) is 127 Å². The van der Waals surface area contributed by atoms with Gasteiger partial charge in [-0.15, -0.1) is 0 Å². The molecular formula is C41H52N2O9Si. The van der Waals surface area contributed by atoms with Gasteiger partial charge in [0.25, 0.3) is 5.56 Å². The highest BCUT2D eigenvalue weighted by Crippen LogP contribution is 2.47. The van der Waals surface area contributed by atoms with Crippen LogP contribution in [0.25, 0.3) is 0 Å². The third-order valence-electron chi connectivity index (χ3n) is 10.5. The molecule has 284 valence electrons. The Morgan fingerprint density at radius 1 is 0.868 bits per heavy atom. The van der Waals surface area contributed by atoms with Gasteiger partial charge in [0.05, 0.1) is 46.1 Å². The van der Waals surface area contributed by atoms with E-state index in [1.807, 2.05) is 78.9 Å². The highest BCUT2D eigenvalue weighted by atomic mass is 28.4. The minimum atomic E-state index is -2.55. The van der Waals surface area contributed by atoms with E-state index in [4.69, 9.17) is 28.1 Å². The summed E-state index contributed by atoms with van der Waals surface area (Å²) in [7, 11) is 0.692. The Morgan fingerprint density at radius 3 is 1.92 bits per heavy atom. The monoisotopic (exact) mass is 744 g/mol. The van der Waals surface area contributed by atoms with Crippen LogP contribution in [0.5, 0.6) is 11.5 Å². The smallest absolute Gasteiger partial charge is 0.330 e. The second-order valence-electron chi connectivity index (χ2n) is 14.9. The first-order chi connectivity index (χ1) is 25.1. The maximum absolute atomic E-state index is 13.4. The maximum atomic E-state index is 13.4. The number of benzene rings is 3. The van der Waals surface area contributed by atoms with Crippen molar-refractivity contribution in [2.45, 2.75) is 83.2 Å². The van der Waals surface area contributed by atoms with Crippen LogP contribution in [0.1, 0.15) is 62.6 Å². The second kappa shape index (κ2) is 16.3. The van der Waals surface area contributed by atoms with Crippen molar-refractivity contribution in [3.63, 3.8) is 0 Å². The number of carbonyl (C=O) groups excluding carboxylic acids is 1. The summed E-state index contributed by atoms with van der Waals surface area (Å²) in [6, 6.07) is 25.3. The van der Waals surface area contributed by atoms with Crippen LogP contribution in [0.3, 0.4) is 0 Å². The maximum Gasteiger partial charge on any atom is 0.330 e. The molecule has 0 bridgehead atoms. The van der Waals surface area contributed by atoms with E-state index in [2.05, 4.69) is 38.8 Å². The van der Waals surface area contributed by atoms with Crippen LogP contribution in [-0.4, -0.2) is 63.5 Å². The van der Waals surface area contributed by atoms with Crippen molar-refractivity contribution in [3.8, 4) is 11.5 Å². The fraction of sp³-hybridized carbons (Fsp3) is 0.439. The number of ether oxygens (including phenoxy) is 5. The minimum Gasteiger partial charge on any atom is -0.497 e. The van der Waals surface area contributed by atoms with Crippen LogP contribution in [0.2, 0.25) is 18.1 Å². The molecule has 1 aliphatic rings. The van der Waals surface area contributed by atoms with Gasteiger partial charge in [-0.3, -0.25) is 19.1 Å². The van der Waals surface area contributed by atoms with Gasteiger partial charge in [-0.05, 0) is 72.9 Å². The highest BCUT2D eigenvalue weighted by Gasteiger charge is 2.53. The predicted octanol–water partition coefficient (Wildman–Crippen LogP) is 6.73. The first kappa shape index (κ1) is 39.7. The van der Waals surface area contributed by atoms with E-state index >= 15 is 0 Å². The van der Waals surface area contributed by atoms with Gasteiger partial charge >= 0.3 is 11.7 Å². The molecule has 1 aromatic heterocycles. The summed E-state index contributed by atoms with van der Waals surface area (Å²) in [5.74, 6) is 0.371. The number of aromatic nitrogens is 2. The normalized spacial score (nSPS) is 19.2. The lowest BCUT2D eigenvalue weighted by Crippen LogP contribution is -2.49. The highest BCUT2D eigenvalue weighted by molar-refractivity contribution is 6.74. The largest absolute Gasteiger partial charge is 0.497 e. The Balaban J connectivity index is 1.68. The molecule has 0 saturated carbocycles. The summed E-state index contributed by atoms with van der Waals surface area (Å²) in [6.45, 7) is 14.2. The van der Waals surface area contributed by atoms with Crippen LogP contribution >= 0.6 is 0 Å². The zero-order valence-corrected chi connectivity index (χ0v) is 33.1. The van der Waals surface area contributed by atoms with E-state index in [0.717, 1.165) is 16.7 Å². The molecule has 53 heavy (non-hydrogen) atoms. The van der Waals surface area contributed by atoms with Gasteiger partial charge in [-0.2, -0.15) is 0 Å². The van der Waals surface area contributed by atoms with Crippen molar-refractivity contribution in [1.29, 1.82) is 0 Å². The molecule has 0 unspecified atom stereocenters. The third kappa shape index (κ3) is 8.36. The van der Waals surface area contributed by atoms with Crippen molar-refractivity contribution >= 4 is 14.3 Å². The number of esters is 1. The van der Waals surface area contributed by atoms with Gasteiger partial charge in [-0.1, -0.05) is 75.4 Å². The lowest BCUT2D eigenvalue weighted by Gasteiger charge is -2.41. The summed E-state index contributed by atoms with van der Waals surface area (Å²) in [4.78, 5) is 41.7. The van der Waals surface area contributed by atoms with E-state index in [0.29, 0.717) is 17.1 Å². The Labute approximate surface area is 312 Å². The number of rotatable bonds is 14. The zero-order chi connectivity index (χ0) is 38.6. The molecule has 1 fully saturated rings. The molecular weight excluding hydrogens is 693 g/mol. The van der Waals surface area contributed by atoms with E-state index in [9.17, 15) is 14.4 Å². The standard InChI is InChI=1S/C41H52N2O9Si/c1-10-49-35(44)24-33-34(51-38(36(33)52-53(8,9)40(3,4)5)43-25-27(2)37(45)42-39(43)46)26-50-41(28-14-12-11-13-15-28,29-16-20-31(47-6)21-17-29)30-18-22-32(48-7)23-19-30/h11-23,25,33-34,36,38H,10,24,26H2,1-9H3,(H,42,45,46)/t33-,34-,36-,38-/m1/s1. The van der Waals surface area contributed by atoms with Crippen LogP contribution in [-0.2, 0) is 29.0 Å². The summed E-state index contributed by atoms with van der Waals surface area (Å²) in [6.07, 6.45) is -1.05. The van der Waals surface area contributed by atoms with Gasteiger partial charge < -0.3 is 28.1 Å². The van der Waals surface area contributed by atoms with Crippen LogP contribution < -0.4 is 20.7 Å². The van der Waals surface area contributed by atoms with Gasteiger partial charge in [0.1, 0.15) is 17.1 Å². The van der Waals surface area contributed by atoms with Crippen LogP contribution in [0.15, 0.2) is 94.6 Å². The predicted molar refractivity (Wildman–Crippen MR) is 205 cm³/mol. The zero-order valence-electron chi connectivity index (χ0n) is 32.1. The number of aromatic amines is 1. The Kier molecular flexibility index (Phi) is 12.2. The average molecular weight is 745 g/mol. The van der Waals surface area contributed by atoms with Crippen molar-refractivity contribution in [3.05, 3.63) is 128 Å². The molecule has 0 aliphatic carbocycles. The van der Waals surface area contributed by atoms with Crippen LogP contribution in [0, 0.1) is 12.8 Å². The molecule has 0 radical (unpaired) electrons. The number of hydrogen-bond donors (Lipinski definition) is 1. The Hall–Kier alpha value is -4.49. The summed E-state index contributed by atoms with van der Waals surface area (Å²) >= 11 is 0. The molecule has 12 heteroatoms. The number of methoxy groups -OCH3 is 2. The second-order valence-corrected chi connectivity index (χ2v) is 19.6. The fourth-order valence-corrected chi connectivity index (χ4v) is 7.87. The SMILES string of the molecule is CCOC(=O)C[C@H]1[C@@H](O[Si](C)(C)C(C)(C)C)[C@H](n2cc(C)c(=O)[nH]c2=O)O[C@@H]1COC(c1ccccc1)(c1ccc(OC)cc1)c1ccc(OC)cc1. The minimum absolute atomic E-state index is 0.0119. The summed E-state index contributed by atoms with van der Waals surface area (Å²) in [5.41, 5.74) is 0.551. The quantitative estimate of drug-likeness (QED) is 0.0850. The summed E-state index contributed by atoms with van der Waals surface area (Å²) in [5, 5.41) is -0.211.